The van der Waals surface area contributed by atoms with E-state index in [0.717, 1.165) is 18.2 Å². The minimum atomic E-state index is -4.63. The lowest BCUT2D eigenvalue weighted by Crippen LogP contribution is -2.21. The van der Waals surface area contributed by atoms with E-state index in [1.807, 2.05) is 0 Å². The average molecular weight is 473 g/mol. The molecule has 0 spiro atoms. The van der Waals surface area contributed by atoms with Crippen molar-refractivity contribution in [3.8, 4) is 11.5 Å². The molecule has 0 radical (unpaired) electrons. The first-order chi connectivity index (χ1) is 13.8. The zero-order valence-electron chi connectivity index (χ0n) is 15.2. The van der Waals surface area contributed by atoms with Crippen molar-refractivity contribution in [2.45, 2.75) is 19.3 Å². The molecular formula is C18H15ClF6N2O2S. The minimum absolute atomic E-state index is 0.0232. The third-order valence-electron chi connectivity index (χ3n) is 3.46. The van der Waals surface area contributed by atoms with Gasteiger partial charge in [-0.05, 0) is 36.8 Å². The predicted octanol–water partition coefficient (Wildman–Crippen LogP) is 6.34. The monoisotopic (exact) mass is 472 g/mol. The summed E-state index contributed by atoms with van der Waals surface area (Å²) in [6.45, 7) is -1.51. The van der Waals surface area contributed by atoms with Gasteiger partial charge in [-0.15, -0.1) is 0 Å². The van der Waals surface area contributed by atoms with Crippen molar-refractivity contribution < 1.29 is 35.8 Å². The third kappa shape index (κ3) is 8.15. The van der Waals surface area contributed by atoms with E-state index >= 15 is 0 Å². The topological polar surface area (TPSA) is 42.5 Å². The lowest BCUT2D eigenvalue weighted by molar-refractivity contribution is -0.153. The first kappa shape index (κ1) is 23.9. The summed E-state index contributed by atoms with van der Waals surface area (Å²) >= 11 is 11.2. The molecule has 0 fully saturated rings. The van der Waals surface area contributed by atoms with Crippen LogP contribution in [0.1, 0.15) is 5.56 Å². The Labute approximate surface area is 178 Å². The summed E-state index contributed by atoms with van der Waals surface area (Å²) in [5, 5.41) is 6.02. The number of anilines is 2. The first-order valence-corrected chi connectivity index (χ1v) is 8.98. The molecule has 2 aromatic carbocycles. The Bertz CT molecular complexity index is 869. The summed E-state index contributed by atoms with van der Waals surface area (Å²) in [6.07, 6.45) is -9.26. The first-order valence-electron chi connectivity index (χ1n) is 8.20. The van der Waals surface area contributed by atoms with Gasteiger partial charge in [-0.1, -0.05) is 17.7 Å². The van der Waals surface area contributed by atoms with Crippen LogP contribution in [0.15, 0.2) is 36.4 Å². The van der Waals surface area contributed by atoms with Gasteiger partial charge < -0.3 is 20.1 Å². The van der Waals surface area contributed by atoms with Crippen molar-refractivity contribution in [3.63, 3.8) is 0 Å². The molecule has 0 saturated heterocycles. The molecule has 0 atom stereocenters. The lowest BCUT2D eigenvalue weighted by Gasteiger charge is -2.16. The normalized spacial score (nSPS) is 11.7. The number of halogens is 7. The van der Waals surface area contributed by atoms with Crippen LogP contribution in [0.25, 0.3) is 0 Å². The highest BCUT2D eigenvalue weighted by molar-refractivity contribution is 7.80. The predicted molar refractivity (Wildman–Crippen MR) is 106 cm³/mol. The number of benzene rings is 2. The third-order valence-corrected chi connectivity index (χ3v) is 4.07. The van der Waals surface area contributed by atoms with Crippen molar-refractivity contribution in [2.24, 2.45) is 0 Å². The van der Waals surface area contributed by atoms with Gasteiger partial charge in [0.05, 0.1) is 0 Å². The molecule has 30 heavy (non-hydrogen) atoms. The van der Waals surface area contributed by atoms with Gasteiger partial charge in [0.25, 0.3) is 0 Å². The number of hydrogen-bond donors (Lipinski definition) is 2. The molecule has 12 heteroatoms. The van der Waals surface area contributed by atoms with Gasteiger partial charge in [0.15, 0.2) is 18.3 Å². The van der Waals surface area contributed by atoms with Crippen molar-refractivity contribution >= 4 is 40.3 Å². The zero-order valence-corrected chi connectivity index (χ0v) is 16.8. The molecule has 0 aliphatic rings. The highest BCUT2D eigenvalue weighted by Crippen LogP contribution is 2.30. The molecule has 0 amide bonds. The summed E-state index contributed by atoms with van der Waals surface area (Å²) in [5.74, 6) is -0.701. The molecule has 2 rings (SSSR count). The van der Waals surface area contributed by atoms with E-state index in [9.17, 15) is 26.3 Å². The maximum Gasteiger partial charge on any atom is 0.422 e. The minimum Gasteiger partial charge on any atom is -0.484 e. The standard InChI is InChI=1S/C18H15ClF6N2O2S/c1-10-14(19)3-2-4-15(10)27-16(30)26-11-5-12(28-8-17(20,21)22)7-13(6-11)29-9-18(23,24)25/h2-7H,8-9H2,1H3,(H2,26,27,30). The van der Waals surface area contributed by atoms with Crippen LogP contribution in [0.2, 0.25) is 5.02 Å². The van der Waals surface area contributed by atoms with Crippen molar-refractivity contribution in [3.05, 3.63) is 47.0 Å². The Morgan fingerprint density at radius 2 is 1.47 bits per heavy atom. The highest BCUT2D eigenvalue weighted by Gasteiger charge is 2.30. The Morgan fingerprint density at radius 1 is 0.933 bits per heavy atom. The summed E-state index contributed by atoms with van der Waals surface area (Å²) in [6, 6.07) is 8.24. The summed E-state index contributed by atoms with van der Waals surface area (Å²) in [5.41, 5.74) is 1.32. The molecule has 0 aliphatic carbocycles. The second-order valence-electron chi connectivity index (χ2n) is 5.99. The van der Waals surface area contributed by atoms with Gasteiger partial charge >= 0.3 is 12.4 Å². The Balaban J connectivity index is 2.19. The van der Waals surface area contributed by atoms with Crippen molar-refractivity contribution in [1.29, 1.82) is 0 Å². The fraction of sp³-hybridized carbons (Fsp3) is 0.278. The van der Waals surface area contributed by atoms with Crippen LogP contribution in [0, 0.1) is 6.92 Å². The van der Waals surface area contributed by atoms with E-state index in [1.54, 1.807) is 25.1 Å². The van der Waals surface area contributed by atoms with E-state index in [-0.39, 0.29) is 22.3 Å². The number of thiocarbonyl (C=S) groups is 1. The van der Waals surface area contributed by atoms with Crippen LogP contribution >= 0.6 is 23.8 Å². The maximum atomic E-state index is 12.4. The summed E-state index contributed by atoms with van der Waals surface area (Å²) in [7, 11) is 0. The molecule has 0 bridgehead atoms. The van der Waals surface area contributed by atoms with Crippen LogP contribution in [0.3, 0.4) is 0 Å². The van der Waals surface area contributed by atoms with Crippen molar-refractivity contribution in [1.82, 2.24) is 0 Å². The molecule has 2 aromatic rings. The summed E-state index contributed by atoms with van der Waals surface area (Å²) < 4.78 is 83.7. The number of nitrogens with one attached hydrogen (secondary N) is 2. The molecule has 164 valence electrons. The number of hydrogen-bond acceptors (Lipinski definition) is 3. The number of rotatable bonds is 6. The Kier molecular flexibility index (Phi) is 7.64. The van der Waals surface area contributed by atoms with Crippen LogP contribution in [0.5, 0.6) is 11.5 Å². The largest absolute Gasteiger partial charge is 0.484 e. The number of alkyl halides is 6. The van der Waals surface area contributed by atoms with Gasteiger partial charge in [-0.3, -0.25) is 0 Å². The number of ether oxygens (including phenoxy) is 2. The van der Waals surface area contributed by atoms with Gasteiger partial charge in [0.1, 0.15) is 11.5 Å². The van der Waals surface area contributed by atoms with Crippen LogP contribution in [-0.4, -0.2) is 30.7 Å². The summed E-state index contributed by atoms with van der Waals surface area (Å²) in [4.78, 5) is 0. The molecule has 4 nitrogen and oxygen atoms in total. The maximum absolute atomic E-state index is 12.4. The van der Waals surface area contributed by atoms with Gasteiger partial charge in [0.2, 0.25) is 0 Å². The highest BCUT2D eigenvalue weighted by atomic mass is 35.5. The van der Waals surface area contributed by atoms with E-state index in [0.29, 0.717) is 16.3 Å². The van der Waals surface area contributed by atoms with Gasteiger partial charge in [-0.25, -0.2) is 0 Å². The molecular weight excluding hydrogens is 458 g/mol. The second-order valence-corrected chi connectivity index (χ2v) is 6.81. The van der Waals surface area contributed by atoms with E-state index < -0.39 is 25.6 Å². The second kappa shape index (κ2) is 9.61. The Morgan fingerprint density at radius 3 is 1.97 bits per heavy atom. The molecule has 0 aliphatic heterocycles. The lowest BCUT2D eigenvalue weighted by atomic mass is 10.2. The smallest absolute Gasteiger partial charge is 0.422 e. The molecule has 0 saturated carbocycles. The molecule has 2 N–H and O–H groups in total. The van der Waals surface area contributed by atoms with Crippen molar-refractivity contribution in [2.75, 3.05) is 23.8 Å². The molecule has 0 heterocycles. The zero-order chi connectivity index (χ0) is 22.5. The Hall–Kier alpha value is -2.40. The van der Waals surface area contributed by atoms with Crippen LogP contribution < -0.4 is 20.1 Å². The van der Waals surface area contributed by atoms with Gasteiger partial charge in [0, 0.05) is 34.6 Å². The van der Waals surface area contributed by atoms with E-state index in [1.165, 1.54) is 0 Å². The van der Waals surface area contributed by atoms with Gasteiger partial charge in [-0.2, -0.15) is 26.3 Å². The SMILES string of the molecule is Cc1c(Cl)cccc1NC(=S)Nc1cc(OCC(F)(F)F)cc(OCC(F)(F)F)c1. The quantitative estimate of drug-likeness (QED) is 0.379. The van der Waals surface area contributed by atoms with E-state index in [4.69, 9.17) is 23.8 Å². The average Bonchev–Trinajstić information content (AvgIpc) is 2.61. The van der Waals surface area contributed by atoms with E-state index in [2.05, 4.69) is 20.1 Å². The fourth-order valence-corrected chi connectivity index (χ4v) is 2.57. The molecule has 0 aromatic heterocycles. The van der Waals surface area contributed by atoms with Crippen LogP contribution in [-0.2, 0) is 0 Å². The molecule has 0 unspecified atom stereocenters. The fourth-order valence-electron chi connectivity index (χ4n) is 2.17. The van der Waals surface area contributed by atoms with Crippen LogP contribution in [0.4, 0.5) is 37.7 Å².